The molecular formula is C11H16ClNO. The lowest BCUT2D eigenvalue weighted by atomic mass is 9.82. The van der Waals surface area contributed by atoms with E-state index in [2.05, 4.69) is 0 Å². The van der Waals surface area contributed by atoms with Crippen LogP contribution in [0.1, 0.15) is 25.5 Å². The van der Waals surface area contributed by atoms with Crippen LogP contribution in [0.3, 0.4) is 0 Å². The number of hydrogen-bond donors (Lipinski definition) is 2. The number of halogens is 1. The lowest BCUT2D eigenvalue weighted by molar-refractivity contribution is 0.132. The third-order valence-electron chi connectivity index (χ3n) is 2.48. The zero-order valence-corrected chi connectivity index (χ0v) is 9.25. The maximum atomic E-state index is 9.17. The second-order valence-corrected chi connectivity index (χ2v) is 4.61. The first kappa shape index (κ1) is 11.5. The minimum Gasteiger partial charge on any atom is -0.396 e. The van der Waals surface area contributed by atoms with Crippen molar-refractivity contribution in [3.8, 4) is 0 Å². The molecule has 0 fully saturated rings. The van der Waals surface area contributed by atoms with Crippen molar-refractivity contribution in [2.45, 2.75) is 19.9 Å². The Morgan fingerprint density at radius 1 is 1.36 bits per heavy atom. The molecule has 1 aromatic rings. The molecule has 1 atom stereocenters. The fourth-order valence-electron chi connectivity index (χ4n) is 1.22. The molecule has 0 aliphatic heterocycles. The van der Waals surface area contributed by atoms with Crippen molar-refractivity contribution in [3.05, 3.63) is 34.9 Å². The fraction of sp³-hybridized carbons (Fsp3) is 0.455. The van der Waals surface area contributed by atoms with Crippen molar-refractivity contribution in [1.29, 1.82) is 0 Å². The Morgan fingerprint density at radius 3 is 2.29 bits per heavy atom. The summed E-state index contributed by atoms with van der Waals surface area (Å²) in [4.78, 5) is 0. The van der Waals surface area contributed by atoms with Gasteiger partial charge in [-0.2, -0.15) is 0 Å². The molecule has 78 valence electrons. The first-order valence-corrected chi connectivity index (χ1v) is 4.97. The molecule has 0 amide bonds. The average molecular weight is 214 g/mol. The minimum absolute atomic E-state index is 0.0663. The van der Waals surface area contributed by atoms with Gasteiger partial charge in [-0.3, -0.25) is 0 Å². The van der Waals surface area contributed by atoms with Gasteiger partial charge >= 0.3 is 0 Å². The number of aliphatic hydroxyl groups is 1. The van der Waals surface area contributed by atoms with E-state index in [4.69, 9.17) is 17.3 Å². The quantitative estimate of drug-likeness (QED) is 0.810. The molecule has 0 saturated heterocycles. The van der Waals surface area contributed by atoms with Crippen LogP contribution >= 0.6 is 11.6 Å². The molecule has 1 rings (SSSR count). The van der Waals surface area contributed by atoms with Crippen molar-refractivity contribution < 1.29 is 5.11 Å². The summed E-state index contributed by atoms with van der Waals surface area (Å²) >= 11 is 5.77. The number of hydrogen-bond acceptors (Lipinski definition) is 2. The molecule has 1 aromatic carbocycles. The van der Waals surface area contributed by atoms with Crippen LogP contribution in [-0.4, -0.2) is 11.7 Å². The van der Waals surface area contributed by atoms with Crippen molar-refractivity contribution in [1.82, 2.24) is 0 Å². The Hall–Kier alpha value is -0.570. The Bertz CT molecular complexity index is 295. The minimum atomic E-state index is -0.312. The highest BCUT2D eigenvalue weighted by Crippen LogP contribution is 2.30. The van der Waals surface area contributed by atoms with Gasteiger partial charge in [0.05, 0.1) is 0 Å². The van der Waals surface area contributed by atoms with Gasteiger partial charge in [0.2, 0.25) is 0 Å². The molecule has 3 N–H and O–H groups in total. The van der Waals surface area contributed by atoms with Crippen LogP contribution in [0.15, 0.2) is 24.3 Å². The lowest BCUT2D eigenvalue weighted by Crippen LogP contribution is -2.32. The summed E-state index contributed by atoms with van der Waals surface area (Å²) in [6, 6.07) is 7.23. The second kappa shape index (κ2) is 4.30. The van der Waals surface area contributed by atoms with Gasteiger partial charge in [-0.1, -0.05) is 37.6 Å². The molecule has 14 heavy (non-hydrogen) atoms. The Labute approximate surface area is 89.7 Å². The van der Waals surface area contributed by atoms with Crippen LogP contribution in [0, 0.1) is 5.41 Å². The van der Waals surface area contributed by atoms with Gasteiger partial charge in [-0.25, -0.2) is 0 Å². The third-order valence-corrected chi connectivity index (χ3v) is 2.73. The standard InChI is InChI=1S/C11H16ClNO/c1-11(2,7-14)10(13)8-3-5-9(12)6-4-8/h3-6,10,14H,7,13H2,1-2H3/t10-/m0/s1. The van der Waals surface area contributed by atoms with E-state index in [1.807, 2.05) is 38.1 Å². The second-order valence-electron chi connectivity index (χ2n) is 4.18. The van der Waals surface area contributed by atoms with E-state index in [0.717, 1.165) is 5.56 Å². The zero-order valence-electron chi connectivity index (χ0n) is 8.50. The highest BCUT2D eigenvalue weighted by molar-refractivity contribution is 6.30. The summed E-state index contributed by atoms with van der Waals surface area (Å²) < 4.78 is 0. The largest absolute Gasteiger partial charge is 0.396 e. The van der Waals surface area contributed by atoms with Crippen LogP contribution < -0.4 is 5.73 Å². The van der Waals surface area contributed by atoms with Crippen LogP contribution in [0.2, 0.25) is 5.02 Å². The van der Waals surface area contributed by atoms with E-state index in [1.54, 1.807) is 0 Å². The Morgan fingerprint density at radius 2 is 1.86 bits per heavy atom. The first-order valence-electron chi connectivity index (χ1n) is 4.59. The van der Waals surface area contributed by atoms with Crippen molar-refractivity contribution in [3.63, 3.8) is 0 Å². The maximum Gasteiger partial charge on any atom is 0.0500 e. The maximum absolute atomic E-state index is 9.17. The molecule has 0 aliphatic carbocycles. The predicted molar refractivity (Wildman–Crippen MR) is 59.2 cm³/mol. The molecule has 0 spiro atoms. The van der Waals surface area contributed by atoms with Gasteiger partial charge < -0.3 is 10.8 Å². The van der Waals surface area contributed by atoms with Gasteiger partial charge in [0.15, 0.2) is 0 Å². The Balaban J connectivity index is 2.89. The normalized spacial score (nSPS) is 14.1. The molecule has 0 aromatic heterocycles. The van der Waals surface area contributed by atoms with Gasteiger partial charge in [0.1, 0.15) is 0 Å². The molecule has 0 bridgehead atoms. The molecule has 0 heterocycles. The summed E-state index contributed by atoms with van der Waals surface area (Å²) in [5.74, 6) is 0. The lowest BCUT2D eigenvalue weighted by Gasteiger charge is -2.29. The Kier molecular flexibility index (Phi) is 3.53. The predicted octanol–water partition coefficient (Wildman–Crippen LogP) is 2.36. The summed E-state index contributed by atoms with van der Waals surface area (Å²) in [6.07, 6.45) is 0. The molecule has 0 aliphatic rings. The van der Waals surface area contributed by atoms with Crippen LogP contribution in [0.25, 0.3) is 0 Å². The molecule has 0 radical (unpaired) electrons. The fourth-order valence-corrected chi connectivity index (χ4v) is 1.35. The SMILES string of the molecule is CC(C)(CO)[C@@H](N)c1ccc(Cl)cc1. The van der Waals surface area contributed by atoms with E-state index >= 15 is 0 Å². The number of aliphatic hydroxyl groups excluding tert-OH is 1. The monoisotopic (exact) mass is 213 g/mol. The highest BCUT2D eigenvalue weighted by Gasteiger charge is 2.26. The summed E-state index contributed by atoms with van der Waals surface area (Å²) in [6.45, 7) is 3.94. The summed E-state index contributed by atoms with van der Waals surface area (Å²) in [5, 5.41) is 9.87. The number of benzene rings is 1. The summed E-state index contributed by atoms with van der Waals surface area (Å²) in [5.41, 5.74) is 6.71. The van der Waals surface area contributed by atoms with Crippen molar-refractivity contribution in [2.75, 3.05) is 6.61 Å². The van der Waals surface area contributed by atoms with E-state index in [1.165, 1.54) is 0 Å². The zero-order chi connectivity index (χ0) is 10.8. The van der Waals surface area contributed by atoms with E-state index in [9.17, 15) is 5.11 Å². The van der Waals surface area contributed by atoms with Crippen LogP contribution in [0.4, 0.5) is 0 Å². The van der Waals surface area contributed by atoms with Crippen LogP contribution in [-0.2, 0) is 0 Å². The number of rotatable bonds is 3. The van der Waals surface area contributed by atoms with Crippen LogP contribution in [0.5, 0.6) is 0 Å². The average Bonchev–Trinajstić information content (AvgIpc) is 2.18. The van der Waals surface area contributed by atoms with Crippen molar-refractivity contribution >= 4 is 11.6 Å². The van der Waals surface area contributed by atoms with Gasteiger partial charge in [0, 0.05) is 23.1 Å². The van der Waals surface area contributed by atoms with Gasteiger partial charge in [0.25, 0.3) is 0 Å². The first-order chi connectivity index (χ1) is 6.47. The van der Waals surface area contributed by atoms with E-state index in [-0.39, 0.29) is 18.1 Å². The molecule has 0 unspecified atom stereocenters. The molecule has 3 heteroatoms. The van der Waals surface area contributed by atoms with Gasteiger partial charge in [-0.15, -0.1) is 0 Å². The summed E-state index contributed by atoms with van der Waals surface area (Å²) in [7, 11) is 0. The van der Waals surface area contributed by atoms with E-state index < -0.39 is 0 Å². The molecule has 2 nitrogen and oxygen atoms in total. The van der Waals surface area contributed by atoms with E-state index in [0.29, 0.717) is 5.02 Å². The smallest absolute Gasteiger partial charge is 0.0500 e. The molecular weight excluding hydrogens is 198 g/mol. The highest BCUT2D eigenvalue weighted by atomic mass is 35.5. The van der Waals surface area contributed by atoms with Crippen molar-refractivity contribution in [2.24, 2.45) is 11.1 Å². The third kappa shape index (κ3) is 2.47. The topological polar surface area (TPSA) is 46.2 Å². The molecule has 0 saturated carbocycles. The van der Waals surface area contributed by atoms with Gasteiger partial charge in [-0.05, 0) is 17.7 Å². The number of nitrogens with two attached hydrogens (primary N) is 1.